The number of hydrogen-bond acceptors (Lipinski definition) is 3. The van der Waals surface area contributed by atoms with E-state index < -0.39 is 5.97 Å². The number of aryl methyl sites for hydroxylation is 1. The normalized spacial score (nSPS) is 16.6. The number of aliphatic carboxylic acids is 1. The van der Waals surface area contributed by atoms with Crippen LogP contribution in [0.25, 0.3) is 0 Å². The minimum atomic E-state index is -0.718. The summed E-state index contributed by atoms with van der Waals surface area (Å²) in [5.41, 5.74) is 2.47. The Kier molecular flexibility index (Phi) is 4.82. The summed E-state index contributed by atoms with van der Waals surface area (Å²) in [6.07, 6.45) is 0.232. The molecule has 5 heteroatoms. The van der Waals surface area contributed by atoms with Gasteiger partial charge in [-0.1, -0.05) is 22.0 Å². The van der Waals surface area contributed by atoms with Gasteiger partial charge in [-0.25, -0.2) is 0 Å². The fraction of sp³-hybridized carbons (Fsp3) is 0.500. The van der Waals surface area contributed by atoms with Crippen molar-refractivity contribution in [2.75, 3.05) is 37.6 Å². The van der Waals surface area contributed by atoms with Crippen molar-refractivity contribution in [3.05, 3.63) is 28.2 Å². The maximum atomic E-state index is 10.6. The van der Waals surface area contributed by atoms with E-state index in [1.165, 1.54) is 11.3 Å². The molecule has 0 spiro atoms. The molecule has 2 rings (SSSR count). The van der Waals surface area contributed by atoms with Crippen LogP contribution in [0.4, 0.5) is 5.69 Å². The topological polar surface area (TPSA) is 43.8 Å². The van der Waals surface area contributed by atoms with E-state index in [2.05, 4.69) is 50.9 Å². The van der Waals surface area contributed by atoms with E-state index in [0.29, 0.717) is 6.54 Å². The predicted molar refractivity (Wildman–Crippen MR) is 79.8 cm³/mol. The first-order chi connectivity index (χ1) is 9.06. The van der Waals surface area contributed by atoms with Crippen LogP contribution in [0.1, 0.15) is 12.0 Å². The van der Waals surface area contributed by atoms with Gasteiger partial charge in [0.2, 0.25) is 0 Å². The molecule has 0 atom stereocenters. The number of piperazine rings is 1. The molecular formula is C14H19BrN2O2. The maximum Gasteiger partial charge on any atom is 0.304 e. The summed E-state index contributed by atoms with van der Waals surface area (Å²) in [5, 5.41) is 8.69. The summed E-state index contributed by atoms with van der Waals surface area (Å²) in [4.78, 5) is 15.1. The second-order valence-corrected chi connectivity index (χ2v) is 5.76. The number of rotatable bonds is 4. The van der Waals surface area contributed by atoms with Crippen LogP contribution in [0, 0.1) is 6.92 Å². The highest BCUT2D eigenvalue weighted by molar-refractivity contribution is 9.10. The Morgan fingerprint density at radius 1 is 1.32 bits per heavy atom. The lowest BCUT2D eigenvalue weighted by molar-refractivity contribution is -0.137. The van der Waals surface area contributed by atoms with E-state index in [-0.39, 0.29) is 6.42 Å². The van der Waals surface area contributed by atoms with Crippen molar-refractivity contribution in [3.8, 4) is 0 Å². The monoisotopic (exact) mass is 326 g/mol. The number of carboxylic acid groups (broad SMARTS) is 1. The van der Waals surface area contributed by atoms with Gasteiger partial charge in [-0.2, -0.15) is 0 Å². The van der Waals surface area contributed by atoms with Crippen LogP contribution in [0.3, 0.4) is 0 Å². The van der Waals surface area contributed by atoms with Crippen LogP contribution in [-0.4, -0.2) is 48.7 Å². The molecule has 1 aromatic rings. The Hall–Kier alpha value is -1.07. The molecule has 19 heavy (non-hydrogen) atoms. The van der Waals surface area contributed by atoms with E-state index in [9.17, 15) is 4.79 Å². The maximum absolute atomic E-state index is 10.6. The fourth-order valence-corrected chi connectivity index (χ4v) is 2.63. The highest BCUT2D eigenvalue weighted by atomic mass is 79.9. The molecule has 0 aromatic heterocycles. The van der Waals surface area contributed by atoms with Gasteiger partial charge in [-0.15, -0.1) is 0 Å². The van der Waals surface area contributed by atoms with Crippen molar-refractivity contribution in [1.82, 2.24) is 4.90 Å². The molecule has 1 fully saturated rings. The summed E-state index contributed by atoms with van der Waals surface area (Å²) in [5.74, 6) is -0.718. The Labute approximate surface area is 122 Å². The molecule has 1 aliphatic rings. The molecule has 1 aromatic carbocycles. The first kappa shape index (κ1) is 14.3. The summed E-state index contributed by atoms with van der Waals surface area (Å²) in [7, 11) is 0. The lowest BCUT2D eigenvalue weighted by atomic mass is 10.2. The van der Waals surface area contributed by atoms with E-state index in [1.54, 1.807) is 0 Å². The van der Waals surface area contributed by atoms with Gasteiger partial charge in [0.05, 0.1) is 6.42 Å². The molecule has 1 saturated heterocycles. The molecular weight excluding hydrogens is 308 g/mol. The van der Waals surface area contributed by atoms with Gasteiger partial charge in [0, 0.05) is 42.9 Å². The quantitative estimate of drug-likeness (QED) is 0.922. The predicted octanol–water partition coefficient (Wildman–Crippen LogP) is 2.35. The fourth-order valence-electron chi connectivity index (χ4n) is 2.26. The first-order valence-corrected chi connectivity index (χ1v) is 7.31. The Balaban J connectivity index is 1.88. The largest absolute Gasteiger partial charge is 0.481 e. The summed E-state index contributed by atoms with van der Waals surface area (Å²) in [6.45, 7) is 6.50. The number of carboxylic acids is 1. The molecule has 1 aliphatic heterocycles. The lowest BCUT2D eigenvalue weighted by Crippen LogP contribution is -2.46. The van der Waals surface area contributed by atoms with Crippen LogP contribution in [0.2, 0.25) is 0 Å². The molecule has 0 aliphatic carbocycles. The highest BCUT2D eigenvalue weighted by Gasteiger charge is 2.17. The summed E-state index contributed by atoms with van der Waals surface area (Å²) in [6, 6.07) is 6.42. The first-order valence-electron chi connectivity index (χ1n) is 6.51. The summed E-state index contributed by atoms with van der Waals surface area (Å²) < 4.78 is 1.14. The minimum absolute atomic E-state index is 0.232. The number of nitrogens with zero attached hydrogens (tertiary/aromatic N) is 2. The molecule has 0 bridgehead atoms. The van der Waals surface area contributed by atoms with Crippen LogP contribution in [0.15, 0.2) is 22.7 Å². The standard InChI is InChI=1S/C14H19BrN2O2/c1-11-2-3-12(10-13(11)15)17-8-6-16(7-9-17)5-4-14(18)19/h2-3,10H,4-9H2,1H3,(H,18,19). The highest BCUT2D eigenvalue weighted by Crippen LogP contribution is 2.24. The van der Waals surface area contributed by atoms with Gasteiger partial charge in [0.15, 0.2) is 0 Å². The average molecular weight is 327 g/mol. The Morgan fingerprint density at radius 2 is 2.00 bits per heavy atom. The van der Waals surface area contributed by atoms with Crippen molar-refractivity contribution < 1.29 is 9.90 Å². The van der Waals surface area contributed by atoms with E-state index in [0.717, 1.165) is 30.7 Å². The smallest absolute Gasteiger partial charge is 0.304 e. The third-order valence-corrected chi connectivity index (χ3v) is 4.39. The van der Waals surface area contributed by atoms with Gasteiger partial charge in [-0.3, -0.25) is 9.69 Å². The lowest BCUT2D eigenvalue weighted by Gasteiger charge is -2.36. The van der Waals surface area contributed by atoms with Crippen molar-refractivity contribution in [3.63, 3.8) is 0 Å². The molecule has 1 heterocycles. The third-order valence-electron chi connectivity index (χ3n) is 3.53. The molecule has 104 valence electrons. The van der Waals surface area contributed by atoms with Crippen molar-refractivity contribution in [2.24, 2.45) is 0 Å². The second kappa shape index (κ2) is 6.39. The van der Waals surface area contributed by atoms with E-state index in [4.69, 9.17) is 5.11 Å². The van der Waals surface area contributed by atoms with E-state index >= 15 is 0 Å². The molecule has 4 nitrogen and oxygen atoms in total. The Morgan fingerprint density at radius 3 is 2.58 bits per heavy atom. The second-order valence-electron chi connectivity index (χ2n) is 4.91. The van der Waals surface area contributed by atoms with Gasteiger partial charge < -0.3 is 10.0 Å². The number of benzene rings is 1. The SMILES string of the molecule is Cc1ccc(N2CCN(CCC(=O)O)CC2)cc1Br. The van der Waals surface area contributed by atoms with Crippen LogP contribution in [-0.2, 0) is 4.79 Å². The zero-order chi connectivity index (χ0) is 13.8. The summed E-state index contributed by atoms with van der Waals surface area (Å²) >= 11 is 3.56. The average Bonchev–Trinajstić information content (AvgIpc) is 2.40. The number of carbonyl (C=O) groups is 1. The van der Waals surface area contributed by atoms with E-state index in [1.807, 2.05) is 0 Å². The van der Waals surface area contributed by atoms with Gasteiger partial charge >= 0.3 is 5.97 Å². The molecule has 0 amide bonds. The van der Waals surface area contributed by atoms with Gasteiger partial charge in [0.25, 0.3) is 0 Å². The molecule has 0 unspecified atom stereocenters. The van der Waals surface area contributed by atoms with Gasteiger partial charge in [0.1, 0.15) is 0 Å². The Bertz CT molecular complexity index is 457. The van der Waals surface area contributed by atoms with Crippen LogP contribution in [0.5, 0.6) is 0 Å². The van der Waals surface area contributed by atoms with Crippen LogP contribution >= 0.6 is 15.9 Å². The van der Waals surface area contributed by atoms with Crippen LogP contribution < -0.4 is 4.90 Å². The minimum Gasteiger partial charge on any atom is -0.481 e. The number of halogens is 1. The number of hydrogen-bond donors (Lipinski definition) is 1. The zero-order valence-corrected chi connectivity index (χ0v) is 12.7. The molecule has 0 saturated carbocycles. The molecule has 1 N–H and O–H groups in total. The number of anilines is 1. The van der Waals surface area contributed by atoms with Crippen molar-refractivity contribution >= 4 is 27.6 Å². The zero-order valence-electron chi connectivity index (χ0n) is 11.1. The van der Waals surface area contributed by atoms with Crippen molar-refractivity contribution in [2.45, 2.75) is 13.3 Å². The third kappa shape index (κ3) is 3.94. The van der Waals surface area contributed by atoms with Crippen molar-refractivity contribution in [1.29, 1.82) is 0 Å². The van der Waals surface area contributed by atoms with Gasteiger partial charge in [-0.05, 0) is 24.6 Å². The molecule has 0 radical (unpaired) electrons.